The average molecular weight is 483 g/mol. The van der Waals surface area contributed by atoms with Crippen LogP contribution in [0.3, 0.4) is 0 Å². The molecule has 0 bridgehead atoms. The molecule has 0 saturated carbocycles. The maximum Gasteiger partial charge on any atom is 0.416 e. The molecule has 0 amide bonds. The molecule has 0 aliphatic heterocycles. The molecule has 0 atom stereocenters. The highest BCUT2D eigenvalue weighted by molar-refractivity contribution is 6.15. The number of rotatable bonds is 6. The van der Waals surface area contributed by atoms with Gasteiger partial charge >= 0.3 is 6.18 Å². The first-order valence-corrected chi connectivity index (χ1v) is 10.3. The fourth-order valence-electron chi connectivity index (χ4n) is 3.82. The summed E-state index contributed by atoms with van der Waals surface area (Å²) in [4.78, 5) is 13.5. The summed E-state index contributed by atoms with van der Waals surface area (Å²) in [7, 11) is 2.86. The Kier molecular flexibility index (Phi) is 6.17. The Labute approximate surface area is 198 Å². The van der Waals surface area contributed by atoms with Gasteiger partial charge in [-0.1, -0.05) is 18.2 Å². The van der Waals surface area contributed by atoms with Crippen LogP contribution in [-0.4, -0.2) is 34.8 Å². The Balaban J connectivity index is 2.04. The second-order valence-electron chi connectivity index (χ2n) is 7.54. The summed E-state index contributed by atoms with van der Waals surface area (Å²) < 4.78 is 51.8. The van der Waals surface area contributed by atoms with Crippen LogP contribution in [0.15, 0.2) is 72.8 Å². The Bertz CT molecular complexity index is 1390. The minimum absolute atomic E-state index is 0.0300. The van der Waals surface area contributed by atoms with Crippen LogP contribution < -0.4 is 9.47 Å². The van der Waals surface area contributed by atoms with E-state index in [4.69, 9.17) is 9.47 Å². The highest BCUT2D eigenvalue weighted by Gasteiger charge is 2.34. The summed E-state index contributed by atoms with van der Waals surface area (Å²) in [6.07, 6.45) is -4.65. The first kappa shape index (κ1) is 23.7. The third kappa shape index (κ3) is 4.28. The number of ether oxygens (including phenoxy) is 2. The van der Waals surface area contributed by atoms with Gasteiger partial charge in [0, 0.05) is 16.8 Å². The van der Waals surface area contributed by atoms with Crippen LogP contribution in [0.25, 0.3) is 16.9 Å². The number of carbonyl (C=O) groups excluding carboxylic acids is 1. The van der Waals surface area contributed by atoms with Crippen molar-refractivity contribution in [2.24, 2.45) is 0 Å². The molecule has 1 aromatic heterocycles. The molecule has 35 heavy (non-hydrogen) atoms. The Morgan fingerprint density at radius 3 is 2.20 bits per heavy atom. The molecule has 6 nitrogen and oxygen atoms in total. The highest BCUT2D eigenvalue weighted by atomic mass is 19.4. The number of nitrogens with zero attached hydrogens (tertiary/aromatic N) is 1. The van der Waals surface area contributed by atoms with E-state index < -0.39 is 29.2 Å². The molecule has 0 spiro atoms. The van der Waals surface area contributed by atoms with Crippen LogP contribution in [0.4, 0.5) is 13.2 Å². The molecule has 0 aliphatic carbocycles. The van der Waals surface area contributed by atoms with Crippen molar-refractivity contribution in [1.29, 1.82) is 0 Å². The summed E-state index contributed by atoms with van der Waals surface area (Å²) in [5, 5.41) is 21.7. The van der Waals surface area contributed by atoms with Crippen molar-refractivity contribution in [1.82, 2.24) is 4.57 Å². The third-order valence-corrected chi connectivity index (χ3v) is 5.49. The molecule has 180 valence electrons. The van der Waals surface area contributed by atoms with Crippen LogP contribution in [0.5, 0.6) is 23.1 Å². The van der Waals surface area contributed by atoms with Gasteiger partial charge < -0.3 is 19.7 Å². The van der Waals surface area contributed by atoms with E-state index in [0.717, 1.165) is 16.7 Å². The number of halogens is 3. The molecule has 1 heterocycles. The van der Waals surface area contributed by atoms with Gasteiger partial charge in [-0.2, -0.15) is 13.2 Å². The van der Waals surface area contributed by atoms with Crippen LogP contribution in [0, 0.1) is 0 Å². The van der Waals surface area contributed by atoms with Crippen molar-refractivity contribution >= 4 is 5.78 Å². The summed E-state index contributed by atoms with van der Waals surface area (Å²) in [5.41, 5.74) is -0.954. The van der Waals surface area contributed by atoms with Gasteiger partial charge in [0.05, 0.1) is 31.0 Å². The Morgan fingerprint density at radius 2 is 1.57 bits per heavy atom. The number of hydrogen-bond donors (Lipinski definition) is 2. The van der Waals surface area contributed by atoms with Crippen molar-refractivity contribution in [3.05, 3.63) is 89.5 Å². The molecule has 9 heteroatoms. The van der Waals surface area contributed by atoms with E-state index in [2.05, 4.69) is 0 Å². The standard InChI is InChI=1S/C26H20F3NO5/c1-34-18-12-10-15(11-13-18)23(31)21-22(19-8-3-4-9-20(19)35-2)30(25(33)24(21)32)17-7-5-6-16(14-17)26(27,28)29/h3-14,32-33H,1-2H3. The summed E-state index contributed by atoms with van der Waals surface area (Å²) >= 11 is 0. The van der Waals surface area contributed by atoms with Gasteiger partial charge in [-0.15, -0.1) is 0 Å². The van der Waals surface area contributed by atoms with Crippen LogP contribution >= 0.6 is 0 Å². The Morgan fingerprint density at radius 1 is 0.886 bits per heavy atom. The second kappa shape index (κ2) is 9.09. The lowest BCUT2D eigenvalue weighted by Gasteiger charge is -2.16. The quantitative estimate of drug-likeness (QED) is 0.338. The van der Waals surface area contributed by atoms with Gasteiger partial charge in [-0.25, -0.2) is 0 Å². The fourth-order valence-corrected chi connectivity index (χ4v) is 3.82. The SMILES string of the molecule is COc1ccc(C(=O)c2c(O)c(O)n(-c3cccc(C(F)(F)F)c3)c2-c2ccccc2OC)cc1. The average Bonchev–Trinajstić information content (AvgIpc) is 3.13. The van der Waals surface area contributed by atoms with Gasteiger partial charge in [0.1, 0.15) is 11.5 Å². The molecule has 0 saturated heterocycles. The molecule has 0 aliphatic rings. The number of hydrogen-bond acceptors (Lipinski definition) is 5. The lowest BCUT2D eigenvalue weighted by molar-refractivity contribution is -0.137. The van der Waals surface area contributed by atoms with Gasteiger partial charge in [0.2, 0.25) is 5.88 Å². The highest BCUT2D eigenvalue weighted by Crippen LogP contribution is 2.46. The normalized spacial score (nSPS) is 11.3. The molecule has 3 aromatic carbocycles. The topological polar surface area (TPSA) is 80.9 Å². The number of methoxy groups -OCH3 is 2. The summed E-state index contributed by atoms with van der Waals surface area (Å²) in [5.74, 6) is -1.44. The zero-order valence-electron chi connectivity index (χ0n) is 18.6. The summed E-state index contributed by atoms with van der Waals surface area (Å²) in [6, 6.07) is 16.7. The predicted octanol–water partition coefficient (Wildman–Crippen LogP) is 5.82. The number of benzene rings is 3. The number of ketones is 1. The monoisotopic (exact) mass is 483 g/mol. The lowest BCUT2D eigenvalue weighted by Crippen LogP contribution is -2.08. The van der Waals surface area contributed by atoms with Crippen molar-refractivity contribution in [2.45, 2.75) is 6.18 Å². The molecular weight excluding hydrogens is 463 g/mol. The predicted molar refractivity (Wildman–Crippen MR) is 123 cm³/mol. The van der Waals surface area contributed by atoms with E-state index in [1.165, 1.54) is 38.5 Å². The molecule has 4 rings (SSSR count). The number of aromatic nitrogens is 1. The largest absolute Gasteiger partial charge is 0.503 e. The van der Waals surface area contributed by atoms with Gasteiger partial charge in [0.25, 0.3) is 0 Å². The maximum atomic E-state index is 13.5. The molecule has 0 radical (unpaired) electrons. The third-order valence-electron chi connectivity index (χ3n) is 5.49. The first-order chi connectivity index (χ1) is 16.7. The summed E-state index contributed by atoms with van der Waals surface area (Å²) in [6.45, 7) is 0. The van der Waals surface area contributed by atoms with E-state index in [-0.39, 0.29) is 33.8 Å². The minimum atomic E-state index is -4.65. The van der Waals surface area contributed by atoms with Crippen molar-refractivity contribution < 1.29 is 37.7 Å². The van der Waals surface area contributed by atoms with Crippen molar-refractivity contribution in [3.63, 3.8) is 0 Å². The van der Waals surface area contributed by atoms with E-state index in [1.54, 1.807) is 36.4 Å². The van der Waals surface area contributed by atoms with Crippen LogP contribution in [0.2, 0.25) is 0 Å². The van der Waals surface area contributed by atoms with Crippen molar-refractivity contribution in [3.8, 4) is 40.1 Å². The minimum Gasteiger partial charge on any atom is -0.503 e. The van der Waals surface area contributed by atoms with Gasteiger partial charge in [-0.3, -0.25) is 9.36 Å². The smallest absolute Gasteiger partial charge is 0.416 e. The fraction of sp³-hybridized carbons (Fsp3) is 0.115. The van der Waals surface area contributed by atoms with E-state index in [0.29, 0.717) is 5.75 Å². The van der Waals surface area contributed by atoms with E-state index >= 15 is 0 Å². The number of para-hydroxylation sites is 1. The van der Waals surface area contributed by atoms with Crippen LogP contribution in [0.1, 0.15) is 21.5 Å². The van der Waals surface area contributed by atoms with Crippen molar-refractivity contribution in [2.75, 3.05) is 14.2 Å². The number of alkyl halides is 3. The molecule has 0 fully saturated rings. The Hall–Kier alpha value is -4.40. The first-order valence-electron chi connectivity index (χ1n) is 10.3. The molecule has 4 aromatic rings. The van der Waals surface area contributed by atoms with E-state index in [1.807, 2.05) is 0 Å². The second-order valence-corrected chi connectivity index (χ2v) is 7.54. The van der Waals surface area contributed by atoms with Gasteiger partial charge in [-0.05, 0) is 54.6 Å². The van der Waals surface area contributed by atoms with E-state index in [9.17, 15) is 28.2 Å². The molecular formula is C26H20F3NO5. The number of aromatic hydroxyl groups is 2. The molecule has 2 N–H and O–H groups in total. The molecule has 0 unspecified atom stereocenters. The number of carbonyl (C=O) groups is 1. The zero-order chi connectivity index (χ0) is 25.3. The van der Waals surface area contributed by atoms with Crippen LogP contribution in [-0.2, 0) is 6.18 Å². The zero-order valence-corrected chi connectivity index (χ0v) is 18.6. The van der Waals surface area contributed by atoms with Gasteiger partial charge in [0.15, 0.2) is 11.5 Å². The maximum absolute atomic E-state index is 13.5. The lowest BCUT2D eigenvalue weighted by atomic mass is 9.98.